The number of fused-ring (bicyclic) bond motifs is 1. The number of carbonyl (C=O) groups excluding carboxylic acids is 2. The van der Waals surface area contributed by atoms with E-state index in [1.165, 1.54) is 17.3 Å². The molecule has 2 amide bonds. The summed E-state index contributed by atoms with van der Waals surface area (Å²) in [5.74, 6) is -0.448. The van der Waals surface area contributed by atoms with Crippen LogP contribution in [0.25, 0.3) is 11.1 Å². The first-order valence-electron chi connectivity index (χ1n) is 10.3. The Bertz CT molecular complexity index is 1130. The maximum Gasteiger partial charge on any atom is 0.264 e. The van der Waals surface area contributed by atoms with Crippen LogP contribution in [0.1, 0.15) is 43.1 Å². The Labute approximate surface area is 188 Å². The summed E-state index contributed by atoms with van der Waals surface area (Å²) in [7, 11) is -3.83. The van der Waals surface area contributed by atoms with Gasteiger partial charge < -0.3 is 9.64 Å². The third-order valence-corrected chi connectivity index (χ3v) is 7.83. The minimum absolute atomic E-state index is 0.0566. The lowest BCUT2D eigenvalue weighted by molar-refractivity contribution is -0.131. The Hall–Kier alpha value is -2.91. The molecule has 0 fully saturated rings. The minimum atomic E-state index is -3.83. The van der Waals surface area contributed by atoms with Gasteiger partial charge in [-0.2, -0.15) is 0 Å². The number of rotatable bonds is 8. The van der Waals surface area contributed by atoms with Crippen molar-refractivity contribution in [2.45, 2.75) is 44.6 Å². The summed E-state index contributed by atoms with van der Waals surface area (Å²) >= 11 is 0. The van der Waals surface area contributed by atoms with Crippen LogP contribution in [0.2, 0.25) is 0 Å². The molecule has 1 heterocycles. The molecule has 1 atom stereocenters. The summed E-state index contributed by atoms with van der Waals surface area (Å²) < 4.78 is 28.1. The highest BCUT2D eigenvalue weighted by atomic mass is 32.2. The second kappa shape index (κ2) is 8.91. The Morgan fingerprint density at radius 3 is 2.38 bits per heavy atom. The highest BCUT2D eigenvalue weighted by molar-refractivity contribution is 7.92. The molecule has 1 aliphatic heterocycles. The Kier molecular flexibility index (Phi) is 6.61. The predicted octanol–water partition coefficient (Wildman–Crippen LogP) is 2.80. The number of carbonyl (C=O) groups is 2. The van der Waals surface area contributed by atoms with Crippen LogP contribution in [0, 0.1) is 0 Å². The van der Waals surface area contributed by atoms with E-state index in [4.69, 9.17) is 9.94 Å². The molecule has 0 aromatic heterocycles. The van der Waals surface area contributed by atoms with E-state index in [-0.39, 0.29) is 25.0 Å². The van der Waals surface area contributed by atoms with Gasteiger partial charge in [0.25, 0.3) is 11.8 Å². The molecule has 0 unspecified atom stereocenters. The van der Waals surface area contributed by atoms with Crippen LogP contribution in [0.5, 0.6) is 5.75 Å². The van der Waals surface area contributed by atoms with Crippen LogP contribution < -0.4 is 10.2 Å². The van der Waals surface area contributed by atoms with Gasteiger partial charge in [0.2, 0.25) is 0 Å². The molecular weight excluding hydrogens is 432 g/mol. The number of hydroxylamine groups is 1. The molecule has 0 spiro atoms. The lowest BCUT2D eigenvalue weighted by atomic mass is 10.0. The number of amides is 2. The van der Waals surface area contributed by atoms with Crippen molar-refractivity contribution >= 4 is 21.7 Å². The molecule has 0 saturated carbocycles. The standard InChI is InChI=1S/C23H28N2O6S/c1-15(2)31-19-8-5-16(6-9-19)17-7-10-20-18(13-17)14-25(21(20)26)12-11-23(3,22(27)24-28)32(4,29)30/h5-10,13,15,28H,11-12,14H2,1-4H3,(H,24,27)/t23-/m1/s1. The van der Waals surface area contributed by atoms with Crippen molar-refractivity contribution in [2.24, 2.45) is 0 Å². The monoisotopic (exact) mass is 460 g/mol. The predicted molar refractivity (Wildman–Crippen MR) is 120 cm³/mol. The molecule has 2 N–H and O–H groups in total. The van der Waals surface area contributed by atoms with Crippen LogP contribution in [-0.4, -0.2) is 54.0 Å². The molecule has 2 aromatic rings. The number of benzene rings is 2. The lowest BCUT2D eigenvalue weighted by Gasteiger charge is -2.27. The van der Waals surface area contributed by atoms with Gasteiger partial charge in [-0.05, 0) is 68.1 Å². The zero-order valence-corrected chi connectivity index (χ0v) is 19.4. The van der Waals surface area contributed by atoms with Crippen LogP contribution in [0.15, 0.2) is 42.5 Å². The van der Waals surface area contributed by atoms with Crippen molar-refractivity contribution in [2.75, 3.05) is 12.8 Å². The molecule has 9 heteroatoms. The van der Waals surface area contributed by atoms with Crippen molar-refractivity contribution in [1.82, 2.24) is 10.4 Å². The van der Waals surface area contributed by atoms with Crippen LogP contribution >= 0.6 is 0 Å². The molecule has 2 aromatic carbocycles. The smallest absolute Gasteiger partial charge is 0.264 e. The SMILES string of the molecule is CC(C)Oc1ccc(-c2ccc3c(c2)CN(CC[C@](C)(C(=O)NO)S(C)(=O)=O)C3=O)cc1. The maximum atomic E-state index is 12.8. The molecule has 3 rings (SSSR count). The summed E-state index contributed by atoms with van der Waals surface area (Å²) in [5.41, 5.74) is 4.76. The zero-order valence-electron chi connectivity index (χ0n) is 18.6. The van der Waals surface area contributed by atoms with Crippen molar-refractivity contribution in [1.29, 1.82) is 0 Å². The third kappa shape index (κ3) is 4.63. The van der Waals surface area contributed by atoms with Gasteiger partial charge in [0, 0.05) is 24.9 Å². The fourth-order valence-electron chi connectivity index (χ4n) is 3.67. The molecule has 0 bridgehead atoms. The molecule has 0 aliphatic carbocycles. The van der Waals surface area contributed by atoms with Gasteiger partial charge in [-0.25, -0.2) is 13.9 Å². The summed E-state index contributed by atoms with van der Waals surface area (Å²) in [6.45, 7) is 5.54. The first kappa shape index (κ1) is 23.7. The van der Waals surface area contributed by atoms with E-state index in [0.717, 1.165) is 28.7 Å². The topological polar surface area (TPSA) is 113 Å². The van der Waals surface area contributed by atoms with Gasteiger partial charge in [-0.3, -0.25) is 14.8 Å². The van der Waals surface area contributed by atoms with Crippen molar-refractivity contribution in [3.63, 3.8) is 0 Å². The molecule has 32 heavy (non-hydrogen) atoms. The molecule has 8 nitrogen and oxygen atoms in total. The summed E-state index contributed by atoms with van der Waals surface area (Å²) in [6.07, 6.45) is 0.889. The molecule has 1 aliphatic rings. The summed E-state index contributed by atoms with van der Waals surface area (Å²) in [6, 6.07) is 13.3. The van der Waals surface area contributed by atoms with Crippen LogP contribution in [0.3, 0.4) is 0 Å². The Morgan fingerprint density at radius 2 is 1.81 bits per heavy atom. The summed E-state index contributed by atoms with van der Waals surface area (Å²) in [4.78, 5) is 26.3. The second-order valence-corrected chi connectivity index (χ2v) is 10.9. The molecule has 0 saturated heterocycles. The first-order valence-corrected chi connectivity index (χ1v) is 12.2. The lowest BCUT2D eigenvalue weighted by Crippen LogP contribution is -2.50. The van der Waals surface area contributed by atoms with Gasteiger partial charge >= 0.3 is 0 Å². The number of nitrogens with one attached hydrogen (secondary N) is 1. The van der Waals surface area contributed by atoms with Crippen molar-refractivity contribution in [3.05, 3.63) is 53.6 Å². The van der Waals surface area contributed by atoms with Gasteiger partial charge in [-0.1, -0.05) is 18.2 Å². The number of hydrogen-bond acceptors (Lipinski definition) is 6. The first-order chi connectivity index (χ1) is 15.0. The number of nitrogens with zero attached hydrogens (tertiary/aromatic N) is 1. The average Bonchev–Trinajstić information content (AvgIpc) is 3.05. The Morgan fingerprint density at radius 1 is 1.19 bits per heavy atom. The number of ether oxygens (including phenoxy) is 1. The average molecular weight is 461 g/mol. The molecule has 0 radical (unpaired) electrons. The molecular formula is C23H28N2O6S. The largest absolute Gasteiger partial charge is 0.491 e. The van der Waals surface area contributed by atoms with Gasteiger partial charge in [-0.15, -0.1) is 0 Å². The summed E-state index contributed by atoms with van der Waals surface area (Å²) in [5, 5.41) is 8.97. The minimum Gasteiger partial charge on any atom is -0.491 e. The Balaban J connectivity index is 1.76. The van der Waals surface area contributed by atoms with Crippen molar-refractivity contribution < 1.29 is 28.0 Å². The maximum absolute atomic E-state index is 12.8. The van der Waals surface area contributed by atoms with Crippen LogP contribution in [0.4, 0.5) is 0 Å². The molecule has 172 valence electrons. The van der Waals surface area contributed by atoms with Gasteiger partial charge in [0.15, 0.2) is 14.6 Å². The van der Waals surface area contributed by atoms with E-state index in [9.17, 15) is 18.0 Å². The second-order valence-electron chi connectivity index (χ2n) is 8.48. The van der Waals surface area contributed by atoms with E-state index in [1.54, 1.807) is 6.07 Å². The van der Waals surface area contributed by atoms with E-state index in [1.807, 2.05) is 50.2 Å². The van der Waals surface area contributed by atoms with E-state index in [0.29, 0.717) is 12.1 Å². The highest BCUT2D eigenvalue weighted by Gasteiger charge is 2.44. The highest BCUT2D eigenvalue weighted by Crippen LogP contribution is 2.31. The van der Waals surface area contributed by atoms with Gasteiger partial charge in [0.05, 0.1) is 6.10 Å². The van der Waals surface area contributed by atoms with Crippen LogP contribution in [-0.2, 0) is 21.2 Å². The third-order valence-electron chi connectivity index (χ3n) is 5.80. The van der Waals surface area contributed by atoms with E-state index < -0.39 is 20.5 Å². The number of sulfone groups is 1. The fraction of sp³-hybridized carbons (Fsp3) is 0.391. The van der Waals surface area contributed by atoms with E-state index in [2.05, 4.69) is 0 Å². The zero-order chi connectivity index (χ0) is 23.7. The fourth-order valence-corrected chi connectivity index (χ4v) is 4.52. The quantitative estimate of drug-likeness (QED) is 0.463. The number of hydrogen-bond donors (Lipinski definition) is 2. The van der Waals surface area contributed by atoms with Crippen molar-refractivity contribution in [3.8, 4) is 16.9 Å². The van der Waals surface area contributed by atoms with E-state index >= 15 is 0 Å². The van der Waals surface area contributed by atoms with Gasteiger partial charge in [0.1, 0.15) is 5.75 Å². The normalized spacial score (nSPS) is 15.4.